The zero-order valence-corrected chi connectivity index (χ0v) is 8.87. The highest BCUT2D eigenvalue weighted by atomic mass is 32.1. The first kappa shape index (κ1) is 9.75. The third-order valence-corrected chi connectivity index (χ3v) is 3.16. The van der Waals surface area contributed by atoms with Crippen molar-refractivity contribution in [2.75, 3.05) is 0 Å². The molecule has 1 heterocycles. The van der Waals surface area contributed by atoms with E-state index in [4.69, 9.17) is 5.73 Å². The predicted octanol–water partition coefficient (Wildman–Crippen LogP) is 2.64. The Morgan fingerprint density at radius 2 is 2.17 bits per heavy atom. The number of hydrogen-bond donors (Lipinski definition) is 1. The van der Waals surface area contributed by atoms with Gasteiger partial charge in [-0.15, -0.1) is 11.3 Å². The molecule has 1 atom stereocenters. The van der Waals surface area contributed by atoms with Gasteiger partial charge in [0.15, 0.2) is 0 Å². The van der Waals surface area contributed by atoms with E-state index in [0.717, 1.165) is 12.8 Å². The van der Waals surface area contributed by atoms with Crippen LogP contribution in [0.25, 0.3) is 0 Å². The molecule has 0 amide bonds. The molecule has 0 fully saturated rings. The maximum absolute atomic E-state index is 5.89. The van der Waals surface area contributed by atoms with Crippen LogP contribution >= 0.6 is 11.3 Å². The van der Waals surface area contributed by atoms with Crippen LogP contribution in [-0.4, -0.2) is 6.04 Å². The molecule has 12 heavy (non-hydrogen) atoms. The third-order valence-electron chi connectivity index (χ3n) is 2.15. The summed E-state index contributed by atoms with van der Waals surface area (Å²) in [5.74, 6) is 0. The van der Waals surface area contributed by atoms with Crippen LogP contribution in [0.2, 0.25) is 0 Å². The summed E-state index contributed by atoms with van der Waals surface area (Å²) >= 11 is 1.87. The molecule has 1 rings (SSSR count). The molecule has 0 aliphatic carbocycles. The van der Waals surface area contributed by atoms with Crippen molar-refractivity contribution in [3.63, 3.8) is 0 Å². The van der Waals surface area contributed by atoms with E-state index in [1.165, 1.54) is 15.3 Å². The summed E-state index contributed by atoms with van der Waals surface area (Å²) in [4.78, 5) is 2.82. The van der Waals surface area contributed by atoms with E-state index in [2.05, 4.69) is 26.8 Å². The summed E-state index contributed by atoms with van der Waals surface area (Å²) in [6.45, 7) is 6.47. The summed E-state index contributed by atoms with van der Waals surface area (Å²) in [5.41, 5.74) is 7.32. The second kappa shape index (κ2) is 4.06. The number of hydrogen-bond acceptors (Lipinski definition) is 2. The lowest BCUT2D eigenvalue weighted by Crippen LogP contribution is -2.21. The van der Waals surface area contributed by atoms with E-state index in [1.54, 1.807) is 0 Å². The van der Waals surface area contributed by atoms with Crippen LogP contribution in [0.3, 0.4) is 0 Å². The summed E-state index contributed by atoms with van der Waals surface area (Å²) in [7, 11) is 0. The van der Waals surface area contributed by atoms with Crippen molar-refractivity contribution in [3.05, 3.63) is 21.4 Å². The fraction of sp³-hybridized carbons (Fsp3) is 0.600. The van der Waals surface area contributed by atoms with Gasteiger partial charge in [0.1, 0.15) is 0 Å². The average Bonchev–Trinajstić information content (AvgIpc) is 2.30. The van der Waals surface area contributed by atoms with Crippen molar-refractivity contribution >= 4 is 11.3 Å². The molecule has 0 aromatic carbocycles. The van der Waals surface area contributed by atoms with E-state index < -0.39 is 0 Å². The van der Waals surface area contributed by atoms with Crippen LogP contribution in [-0.2, 0) is 6.42 Å². The number of aryl methyl sites for hydroxylation is 2. The lowest BCUT2D eigenvalue weighted by atomic mass is 10.1. The van der Waals surface area contributed by atoms with E-state index in [1.807, 2.05) is 11.3 Å². The van der Waals surface area contributed by atoms with Crippen molar-refractivity contribution in [2.45, 2.75) is 39.7 Å². The molecule has 0 radical (unpaired) electrons. The van der Waals surface area contributed by atoms with Crippen LogP contribution in [0.4, 0.5) is 0 Å². The maximum Gasteiger partial charge on any atom is 0.00770 e. The zero-order valence-electron chi connectivity index (χ0n) is 8.05. The van der Waals surface area contributed by atoms with Crippen molar-refractivity contribution in [1.82, 2.24) is 0 Å². The van der Waals surface area contributed by atoms with Crippen LogP contribution < -0.4 is 5.73 Å². The van der Waals surface area contributed by atoms with Crippen molar-refractivity contribution in [2.24, 2.45) is 5.73 Å². The molecule has 1 nitrogen and oxygen atoms in total. The molecule has 1 aromatic heterocycles. The fourth-order valence-corrected chi connectivity index (χ4v) is 2.27. The van der Waals surface area contributed by atoms with E-state index >= 15 is 0 Å². The Morgan fingerprint density at radius 1 is 1.50 bits per heavy atom. The lowest BCUT2D eigenvalue weighted by Gasteiger charge is -2.07. The second-order valence-corrected chi connectivity index (χ2v) is 4.77. The van der Waals surface area contributed by atoms with Crippen molar-refractivity contribution in [1.29, 1.82) is 0 Å². The molecule has 2 heteroatoms. The molecular weight excluding hydrogens is 166 g/mol. The Hall–Kier alpha value is -0.340. The van der Waals surface area contributed by atoms with Gasteiger partial charge >= 0.3 is 0 Å². The van der Waals surface area contributed by atoms with Gasteiger partial charge in [-0.25, -0.2) is 0 Å². The molecule has 68 valence electrons. The average molecular weight is 183 g/mol. The topological polar surface area (TPSA) is 26.0 Å². The first-order chi connectivity index (χ1) is 5.63. The maximum atomic E-state index is 5.89. The fourth-order valence-electron chi connectivity index (χ4n) is 1.31. The van der Waals surface area contributed by atoms with Gasteiger partial charge in [-0.1, -0.05) is 6.92 Å². The summed E-state index contributed by atoms with van der Waals surface area (Å²) in [6, 6.07) is 2.59. The molecular formula is C10H17NS. The van der Waals surface area contributed by atoms with Crippen molar-refractivity contribution in [3.8, 4) is 0 Å². The Morgan fingerprint density at radius 3 is 2.58 bits per heavy atom. The van der Waals surface area contributed by atoms with Gasteiger partial charge in [0.2, 0.25) is 0 Å². The minimum atomic E-state index is 0.331. The minimum absolute atomic E-state index is 0.331. The second-order valence-electron chi connectivity index (χ2n) is 3.31. The quantitative estimate of drug-likeness (QED) is 0.766. The Labute approximate surface area is 78.6 Å². The monoisotopic (exact) mass is 183 g/mol. The van der Waals surface area contributed by atoms with Crippen LogP contribution in [0, 0.1) is 13.8 Å². The molecule has 0 aliphatic heterocycles. The predicted molar refractivity (Wildman–Crippen MR) is 55.8 cm³/mol. The summed E-state index contributed by atoms with van der Waals surface area (Å²) < 4.78 is 0. The molecule has 0 spiro atoms. The highest BCUT2D eigenvalue weighted by molar-refractivity contribution is 7.12. The van der Waals surface area contributed by atoms with Crippen LogP contribution in [0.5, 0.6) is 0 Å². The van der Waals surface area contributed by atoms with Gasteiger partial charge < -0.3 is 5.73 Å². The van der Waals surface area contributed by atoms with Gasteiger partial charge in [0.25, 0.3) is 0 Å². The number of nitrogens with two attached hydrogens (primary N) is 1. The molecule has 0 aliphatic rings. The smallest absolute Gasteiger partial charge is 0.00770 e. The molecule has 2 N–H and O–H groups in total. The third kappa shape index (κ3) is 2.32. The Kier molecular flexibility index (Phi) is 3.29. The number of rotatable bonds is 3. The van der Waals surface area contributed by atoms with Crippen LogP contribution in [0.15, 0.2) is 6.07 Å². The lowest BCUT2D eigenvalue weighted by molar-refractivity contribution is 0.646. The number of thiophene rings is 1. The van der Waals surface area contributed by atoms with Gasteiger partial charge in [-0.05, 0) is 38.3 Å². The summed E-state index contributed by atoms with van der Waals surface area (Å²) in [6.07, 6.45) is 2.10. The van der Waals surface area contributed by atoms with E-state index in [-0.39, 0.29) is 0 Å². The molecule has 0 bridgehead atoms. The van der Waals surface area contributed by atoms with Crippen LogP contribution in [0.1, 0.15) is 28.7 Å². The van der Waals surface area contributed by atoms with Gasteiger partial charge in [-0.2, -0.15) is 0 Å². The highest BCUT2D eigenvalue weighted by Gasteiger charge is 2.06. The van der Waals surface area contributed by atoms with E-state index in [0.29, 0.717) is 6.04 Å². The first-order valence-electron chi connectivity index (χ1n) is 4.45. The SMILES string of the molecule is CCC(N)Cc1cc(C)sc1C. The Bertz CT molecular complexity index is 252. The highest BCUT2D eigenvalue weighted by Crippen LogP contribution is 2.21. The van der Waals surface area contributed by atoms with Gasteiger partial charge in [0, 0.05) is 15.8 Å². The Balaban J connectivity index is 2.68. The molecule has 1 aromatic rings. The molecule has 1 unspecified atom stereocenters. The molecule has 0 saturated carbocycles. The van der Waals surface area contributed by atoms with Gasteiger partial charge in [0.05, 0.1) is 0 Å². The van der Waals surface area contributed by atoms with E-state index in [9.17, 15) is 0 Å². The first-order valence-corrected chi connectivity index (χ1v) is 5.26. The zero-order chi connectivity index (χ0) is 9.14. The standard InChI is InChI=1S/C10H17NS/c1-4-10(11)6-9-5-7(2)12-8(9)3/h5,10H,4,6,11H2,1-3H3. The van der Waals surface area contributed by atoms with Gasteiger partial charge in [-0.3, -0.25) is 0 Å². The van der Waals surface area contributed by atoms with Crippen molar-refractivity contribution < 1.29 is 0 Å². The normalized spacial score (nSPS) is 13.3. The largest absolute Gasteiger partial charge is 0.327 e. The minimum Gasteiger partial charge on any atom is -0.327 e. The molecule has 0 saturated heterocycles. The summed E-state index contributed by atoms with van der Waals surface area (Å²) in [5, 5.41) is 0.